The van der Waals surface area contributed by atoms with Crippen molar-refractivity contribution in [1.29, 1.82) is 0 Å². The molecule has 2 aromatic heterocycles. The summed E-state index contributed by atoms with van der Waals surface area (Å²) in [5.41, 5.74) is -0.278. The van der Waals surface area contributed by atoms with Crippen LogP contribution in [0.5, 0.6) is 0 Å². The third kappa shape index (κ3) is 3.70. The second kappa shape index (κ2) is 6.75. The van der Waals surface area contributed by atoms with Gasteiger partial charge in [0.1, 0.15) is 0 Å². The predicted molar refractivity (Wildman–Crippen MR) is 96.8 cm³/mol. The summed E-state index contributed by atoms with van der Waals surface area (Å²) in [6.45, 7) is 4.71. The van der Waals surface area contributed by atoms with Crippen LogP contribution in [0, 0.1) is 5.92 Å². The monoisotopic (exact) mass is 379 g/mol. The van der Waals surface area contributed by atoms with E-state index in [4.69, 9.17) is 0 Å². The molecule has 3 rings (SSSR count). The molecular formula is C19H20F3N3O2. The van der Waals surface area contributed by atoms with Crippen molar-refractivity contribution < 1.29 is 13.2 Å². The zero-order valence-corrected chi connectivity index (χ0v) is 15.2. The second-order valence-electron chi connectivity index (χ2n) is 7.08. The Morgan fingerprint density at radius 1 is 1.04 bits per heavy atom. The summed E-state index contributed by atoms with van der Waals surface area (Å²) in [6.07, 6.45) is -1.05. The molecule has 0 unspecified atom stereocenters. The molecule has 0 fully saturated rings. The third-order valence-corrected chi connectivity index (χ3v) is 4.40. The van der Waals surface area contributed by atoms with E-state index in [1.54, 1.807) is 21.5 Å². The minimum Gasteiger partial charge on any atom is -0.347 e. The van der Waals surface area contributed by atoms with Gasteiger partial charge in [0.2, 0.25) is 0 Å². The van der Waals surface area contributed by atoms with E-state index in [2.05, 4.69) is 0 Å². The SMILES string of the molecule is CC(C)Cn1c(=O)n(C)c(=O)c2cn(Cc3ccc(C(F)(F)F)cc3)cc21. The molecule has 0 radical (unpaired) electrons. The van der Waals surface area contributed by atoms with Crippen LogP contribution in [0.4, 0.5) is 13.2 Å². The van der Waals surface area contributed by atoms with Crippen LogP contribution in [-0.2, 0) is 26.3 Å². The smallest absolute Gasteiger partial charge is 0.347 e. The van der Waals surface area contributed by atoms with E-state index in [0.29, 0.717) is 29.6 Å². The third-order valence-electron chi connectivity index (χ3n) is 4.40. The van der Waals surface area contributed by atoms with Gasteiger partial charge in [-0.05, 0) is 23.6 Å². The van der Waals surface area contributed by atoms with E-state index in [1.165, 1.54) is 19.2 Å². The van der Waals surface area contributed by atoms with Crippen LogP contribution in [0.15, 0.2) is 46.2 Å². The number of rotatable bonds is 4. The van der Waals surface area contributed by atoms with Crippen LogP contribution in [0.1, 0.15) is 25.0 Å². The molecule has 1 aromatic carbocycles. The zero-order chi connectivity index (χ0) is 19.9. The molecule has 5 nitrogen and oxygen atoms in total. The van der Waals surface area contributed by atoms with Crippen LogP contribution in [0.25, 0.3) is 10.9 Å². The highest BCUT2D eigenvalue weighted by molar-refractivity contribution is 5.77. The van der Waals surface area contributed by atoms with Crippen molar-refractivity contribution in [3.8, 4) is 0 Å². The summed E-state index contributed by atoms with van der Waals surface area (Å²) in [7, 11) is 1.44. The van der Waals surface area contributed by atoms with Crippen molar-refractivity contribution in [1.82, 2.24) is 13.7 Å². The molecule has 0 spiro atoms. The first-order valence-electron chi connectivity index (χ1n) is 8.53. The Morgan fingerprint density at radius 3 is 2.22 bits per heavy atom. The lowest BCUT2D eigenvalue weighted by atomic mass is 10.1. The molecule has 27 heavy (non-hydrogen) atoms. The van der Waals surface area contributed by atoms with Gasteiger partial charge >= 0.3 is 11.9 Å². The molecule has 0 saturated heterocycles. The fourth-order valence-corrected chi connectivity index (χ4v) is 3.07. The number of fused-ring (bicyclic) bond motifs is 1. The first-order valence-corrected chi connectivity index (χ1v) is 8.53. The van der Waals surface area contributed by atoms with Gasteiger partial charge in [0.05, 0.1) is 16.5 Å². The number of aromatic nitrogens is 3. The van der Waals surface area contributed by atoms with Crippen molar-refractivity contribution >= 4 is 10.9 Å². The quantitative estimate of drug-likeness (QED) is 0.699. The minimum atomic E-state index is -4.38. The Hall–Kier alpha value is -2.77. The topological polar surface area (TPSA) is 48.9 Å². The molecule has 0 bridgehead atoms. The summed E-state index contributed by atoms with van der Waals surface area (Å²) in [5.74, 6) is 0.210. The molecule has 0 aliphatic rings. The van der Waals surface area contributed by atoms with Crippen molar-refractivity contribution in [2.24, 2.45) is 13.0 Å². The zero-order valence-electron chi connectivity index (χ0n) is 15.2. The van der Waals surface area contributed by atoms with Crippen LogP contribution in [-0.4, -0.2) is 13.7 Å². The lowest BCUT2D eigenvalue weighted by Crippen LogP contribution is -2.38. The Labute approximate surface area is 153 Å². The number of hydrogen-bond donors (Lipinski definition) is 0. The molecule has 0 amide bonds. The minimum absolute atomic E-state index is 0.210. The van der Waals surface area contributed by atoms with Gasteiger partial charge in [-0.25, -0.2) is 4.79 Å². The number of alkyl halides is 3. The maximum atomic E-state index is 12.7. The van der Waals surface area contributed by atoms with Crippen molar-refractivity contribution in [3.63, 3.8) is 0 Å². The predicted octanol–water partition coefficient (Wildman–Crippen LogP) is 3.22. The molecule has 0 atom stereocenters. The van der Waals surface area contributed by atoms with Gasteiger partial charge in [-0.2, -0.15) is 13.2 Å². The Kier molecular flexibility index (Phi) is 4.75. The highest BCUT2D eigenvalue weighted by Gasteiger charge is 2.29. The summed E-state index contributed by atoms with van der Waals surface area (Å²) in [4.78, 5) is 24.9. The highest BCUT2D eigenvalue weighted by Crippen LogP contribution is 2.29. The standard InChI is InChI=1S/C19H20F3N3O2/c1-12(2)8-25-16-11-24(10-15(16)17(26)23(3)18(25)27)9-13-4-6-14(7-5-13)19(20,21)22/h4-7,10-12H,8-9H2,1-3H3. The first kappa shape index (κ1) is 19.0. The van der Waals surface area contributed by atoms with Gasteiger partial charge in [-0.3, -0.25) is 13.9 Å². The number of hydrogen-bond acceptors (Lipinski definition) is 2. The largest absolute Gasteiger partial charge is 0.416 e. The van der Waals surface area contributed by atoms with Gasteiger partial charge in [0, 0.05) is 32.5 Å². The van der Waals surface area contributed by atoms with E-state index in [1.807, 2.05) is 13.8 Å². The lowest BCUT2D eigenvalue weighted by molar-refractivity contribution is -0.137. The van der Waals surface area contributed by atoms with Gasteiger partial charge < -0.3 is 4.57 Å². The Balaban J connectivity index is 2.03. The molecule has 0 N–H and O–H groups in total. The number of halogens is 3. The molecule has 0 saturated carbocycles. The second-order valence-corrected chi connectivity index (χ2v) is 7.08. The van der Waals surface area contributed by atoms with Crippen molar-refractivity contribution in [2.75, 3.05) is 0 Å². The van der Waals surface area contributed by atoms with Crippen molar-refractivity contribution in [3.05, 3.63) is 68.6 Å². The molecule has 3 aromatic rings. The molecule has 144 valence electrons. The average Bonchev–Trinajstić information content (AvgIpc) is 3.00. The molecule has 0 aliphatic carbocycles. The van der Waals surface area contributed by atoms with E-state index < -0.39 is 11.7 Å². The van der Waals surface area contributed by atoms with Gasteiger partial charge in [0.15, 0.2) is 0 Å². The fourth-order valence-electron chi connectivity index (χ4n) is 3.07. The summed E-state index contributed by atoms with van der Waals surface area (Å²) in [6, 6.07) is 4.89. The van der Waals surface area contributed by atoms with Crippen LogP contribution in [0.3, 0.4) is 0 Å². The highest BCUT2D eigenvalue weighted by atomic mass is 19.4. The molecular weight excluding hydrogens is 359 g/mol. The average molecular weight is 379 g/mol. The molecule has 0 aliphatic heterocycles. The first-order chi connectivity index (χ1) is 12.6. The maximum Gasteiger partial charge on any atom is 0.416 e. The van der Waals surface area contributed by atoms with Crippen LogP contribution in [0.2, 0.25) is 0 Å². The number of benzene rings is 1. The maximum absolute atomic E-state index is 12.7. The van der Waals surface area contributed by atoms with Crippen molar-refractivity contribution in [2.45, 2.75) is 33.1 Å². The normalized spacial score (nSPS) is 12.3. The summed E-state index contributed by atoms with van der Waals surface area (Å²) < 4.78 is 42.4. The van der Waals surface area contributed by atoms with Crippen LogP contribution < -0.4 is 11.2 Å². The van der Waals surface area contributed by atoms with E-state index in [0.717, 1.165) is 16.7 Å². The van der Waals surface area contributed by atoms with Gasteiger partial charge in [-0.1, -0.05) is 26.0 Å². The Morgan fingerprint density at radius 2 is 1.67 bits per heavy atom. The molecule has 8 heteroatoms. The lowest BCUT2D eigenvalue weighted by Gasteiger charge is -2.11. The van der Waals surface area contributed by atoms with E-state index >= 15 is 0 Å². The fraction of sp³-hybridized carbons (Fsp3) is 0.368. The number of nitrogens with zero attached hydrogens (tertiary/aromatic N) is 3. The van der Waals surface area contributed by atoms with Gasteiger partial charge in [-0.15, -0.1) is 0 Å². The van der Waals surface area contributed by atoms with E-state index in [9.17, 15) is 22.8 Å². The van der Waals surface area contributed by atoms with Gasteiger partial charge in [0.25, 0.3) is 5.56 Å². The van der Waals surface area contributed by atoms with Crippen LogP contribution >= 0.6 is 0 Å². The summed E-state index contributed by atoms with van der Waals surface area (Å²) >= 11 is 0. The van der Waals surface area contributed by atoms with E-state index in [-0.39, 0.29) is 17.2 Å². The molecule has 2 heterocycles. The summed E-state index contributed by atoms with van der Waals surface area (Å²) in [5, 5.41) is 0.407. The Bertz CT molecular complexity index is 1090.